The lowest BCUT2D eigenvalue weighted by atomic mass is 9.91. The second-order valence-electron chi connectivity index (χ2n) is 9.12. The van der Waals surface area contributed by atoms with Crippen LogP contribution in [0, 0.1) is 0 Å². The molecule has 8 heteroatoms. The zero-order chi connectivity index (χ0) is 25.5. The van der Waals surface area contributed by atoms with Crippen LogP contribution in [0.25, 0.3) is 33.4 Å². The molecule has 5 aromatic heterocycles. The number of carbonyl (C=O) groups excluding carboxylic acids is 1. The first-order chi connectivity index (χ1) is 18.7. The van der Waals surface area contributed by atoms with E-state index in [1.54, 1.807) is 41.4 Å². The molecule has 0 aliphatic heterocycles. The third-order valence-electron chi connectivity index (χ3n) is 6.75. The highest BCUT2D eigenvalue weighted by molar-refractivity contribution is 6.09. The monoisotopic (exact) mass is 495 g/mol. The minimum Gasteiger partial charge on any atom is -0.320 e. The second-order valence-corrected chi connectivity index (χ2v) is 9.12. The molecule has 0 saturated heterocycles. The Hall–Kier alpha value is -5.24. The van der Waals surface area contributed by atoms with Gasteiger partial charge in [0.15, 0.2) is 5.82 Å². The van der Waals surface area contributed by atoms with Crippen LogP contribution in [0.5, 0.6) is 0 Å². The predicted octanol–water partition coefficient (Wildman–Crippen LogP) is 5.36. The van der Waals surface area contributed by atoms with Crippen molar-refractivity contribution in [1.82, 2.24) is 29.5 Å². The first-order valence-electron chi connectivity index (χ1n) is 12.3. The quantitative estimate of drug-likeness (QED) is 0.353. The lowest BCUT2D eigenvalue weighted by Crippen LogP contribution is -2.12. The Morgan fingerprint density at radius 1 is 0.921 bits per heavy atom. The van der Waals surface area contributed by atoms with Crippen LogP contribution in [-0.4, -0.2) is 35.5 Å². The third kappa shape index (κ3) is 3.88. The van der Waals surface area contributed by atoms with Crippen LogP contribution in [0.4, 0.5) is 5.69 Å². The summed E-state index contributed by atoms with van der Waals surface area (Å²) in [5.41, 5.74) is 7.83. The summed E-state index contributed by atoms with van der Waals surface area (Å²) in [5.74, 6) is 0.470. The van der Waals surface area contributed by atoms with Gasteiger partial charge in [-0.1, -0.05) is 12.1 Å². The smallest absolute Gasteiger partial charge is 0.259 e. The maximum atomic E-state index is 13.0. The molecule has 7 rings (SSSR count). The molecule has 0 saturated carbocycles. The largest absolute Gasteiger partial charge is 0.320 e. The fourth-order valence-corrected chi connectivity index (χ4v) is 4.88. The van der Waals surface area contributed by atoms with Gasteiger partial charge >= 0.3 is 0 Å². The Morgan fingerprint density at radius 3 is 2.79 bits per heavy atom. The average molecular weight is 496 g/mol. The van der Waals surface area contributed by atoms with E-state index in [4.69, 9.17) is 9.97 Å². The van der Waals surface area contributed by atoms with Crippen molar-refractivity contribution in [3.8, 4) is 11.4 Å². The third-order valence-corrected chi connectivity index (χ3v) is 6.75. The van der Waals surface area contributed by atoms with Crippen molar-refractivity contribution in [3.63, 3.8) is 0 Å². The molecule has 0 spiro atoms. The van der Waals surface area contributed by atoms with Gasteiger partial charge in [0.2, 0.25) is 0 Å². The lowest BCUT2D eigenvalue weighted by molar-refractivity contribution is 0.102. The van der Waals surface area contributed by atoms with Crippen molar-refractivity contribution in [2.24, 2.45) is 0 Å². The van der Waals surface area contributed by atoms with E-state index in [9.17, 15) is 4.79 Å². The minimum atomic E-state index is -0.235. The number of amides is 1. The fourth-order valence-electron chi connectivity index (χ4n) is 4.88. The molecule has 1 amide bonds. The summed E-state index contributed by atoms with van der Waals surface area (Å²) in [5, 5.41) is 8.32. The summed E-state index contributed by atoms with van der Waals surface area (Å²) in [6.45, 7) is 0. The Labute approximate surface area is 217 Å². The van der Waals surface area contributed by atoms with Crippen LogP contribution < -0.4 is 5.32 Å². The molecule has 38 heavy (non-hydrogen) atoms. The van der Waals surface area contributed by atoms with E-state index >= 15 is 0 Å². The van der Waals surface area contributed by atoms with Gasteiger partial charge in [0.1, 0.15) is 0 Å². The number of nitrogens with zero attached hydrogens (tertiary/aromatic N) is 6. The standard InChI is InChI=1S/C30H21N7O/c38-30(35-22-5-3-11-31-16-22)25-18-34-37-13-10-19(15-28(25)37)23-6-1-7-27-24(23)17-33-29(36-27)21-8-9-26-20(14-21)4-2-12-32-26/h2-6,8-18H,1,7H2,(H,35,38). The molecule has 6 aromatic rings. The minimum absolute atomic E-state index is 0.235. The van der Waals surface area contributed by atoms with Crippen molar-refractivity contribution < 1.29 is 4.79 Å². The number of aryl methyl sites for hydroxylation is 1. The Balaban J connectivity index is 1.23. The van der Waals surface area contributed by atoms with Crippen LogP contribution in [0.2, 0.25) is 0 Å². The molecule has 1 aromatic carbocycles. The highest BCUT2D eigenvalue weighted by atomic mass is 16.1. The zero-order valence-electron chi connectivity index (χ0n) is 20.2. The van der Waals surface area contributed by atoms with E-state index in [1.165, 1.54) is 0 Å². The van der Waals surface area contributed by atoms with E-state index in [0.717, 1.165) is 57.2 Å². The molecular formula is C30H21N7O. The maximum Gasteiger partial charge on any atom is 0.259 e. The number of benzene rings is 1. The first kappa shape index (κ1) is 22.0. The first-order valence-corrected chi connectivity index (χ1v) is 12.3. The van der Waals surface area contributed by atoms with Gasteiger partial charge in [-0.15, -0.1) is 0 Å². The topological polar surface area (TPSA) is 98.0 Å². The Kier molecular flexibility index (Phi) is 5.21. The van der Waals surface area contributed by atoms with Crippen molar-refractivity contribution in [1.29, 1.82) is 0 Å². The summed E-state index contributed by atoms with van der Waals surface area (Å²) >= 11 is 0. The predicted molar refractivity (Wildman–Crippen MR) is 146 cm³/mol. The van der Waals surface area contributed by atoms with E-state index in [2.05, 4.69) is 32.5 Å². The highest BCUT2D eigenvalue weighted by Crippen LogP contribution is 2.33. The number of fused-ring (bicyclic) bond motifs is 3. The van der Waals surface area contributed by atoms with Gasteiger partial charge < -0.3 is 5.32 Å². The van der Waals surface area contributed by atoms with E-state index in [-0.39, 0.29) is 5.91 Å². The van der Waals surface area contributed by atoms with Gasteiger partial charge in [0, 0.05) is 41.3 Å². The molecular weight excluding hydrogens is 474 g/mol. The molecule has 1 aliphatic carbocycles. The average Bonchev–Trinajstić information content (AvgIpc) is 3.40. The van der Waals surface area contributed by atoms with E-state index < -0.39 is 0 Å². The molecule has 0 radical (unpaired) electrons. The van der Waals surface area contributed by atoms with Gasteiger partial charge in [0.25, 0.3) is 5.91 Å². The SMILES string of the molecule is O=C(Nc1cccnc1)c1cnn2ccc(C3=CCCc4nc(-c5ccc6ncccc6c5)ncc43)cc12. The van der Waals surface area contributed by atoms with Gasteiger partial charge in [-0.3, -0.25) is 14.8 Å². The number of aromatic nitrogens is 6. The van der Waals surface area contributed by atoms with Crippen molar-refractivity contribution >= 4 is 33.6 Å². The summed E-state index contributed by atoms with van der Waals surface area (Å²) in [4.78, 5) is 31.1. The Morgan fingerprint density at radius 2 is 1.87 bits per heavy atom. The number of anilines is 1. The molecule has 1 aliphatic rings. The van der Waals surface area contributed by atoms with Crippen LogP contribution in [-0.2, 0) is 6.42 Å². The summed E-state index contributed by atoms with van der Waals surface area (Å²) < 4.78 is 1.71. The summed E-state index contributed by atoms with van der Waals surface area (Å²) in [6, 6.07) is 17.7. The molecule has 0 atom stereocenters. The fraction of sp³-hybridized carbons (Fsp3) is 0.0667. The van der Waals surface area contributed by atoms with E-state index in [1.807, 2.05) is 48.8 Å². The van der Waals surface area contributed by atoms with Gasteiger partial charge in [-0.05, 0) is 72.5 Å². The zero-order valence-corrected chi connectivity index (χ0v) is 20.2. The van der Waals surface area contributed by atoms with Crippen LogP contribution >= 0.6 is 0 Å². The van der Waals surface area contributed by atoms with Crippen LogP contribution in [0.1, 0.15) is 33.6 Å². The summed E-state index contributed by atoms with van der Waals surface area (Å²) in [6.07, 6.45) is 14.4. The van der Waals surface area contributed by atoms with Crippen molar-refractivity contribution in [2.45, 2.75) is 12.8 Å². The number of allylic oxidation sites excluding steroid dienone is 1. The maximum absolute atomic E-state index is 13.0. The van der Waals surface area contributed by atoms with Gasteiger partial charge in [-0.2, -0.15) is 5.10 Å². The molecule has 0 unspecified atom stereocenters. The number of pyridine rings is 3. The number of carbonyl (C=O) groups is 1. The number of hydrogen-bond donors (Lipinski definition) is 1. The highest BCUT2D eigenvalue weighted by Gasteiger charge is 2.20. The molecule has 0 bridgehead atoms. The van der Waals surface area contributed by atoms with Crippen molar-refractivity contribution in [3.05, 3.63) is 120 Å². The van der Waals surface area contributed by atoms with Crippen molar-refractivity contribution in [2.75, 3.05) is 5.32 Å². The Bertz CT molecular complexity index is 1870. The second kappa shape index (κ2) is 9.01. The number of rotatable bonds is 4. The molecule has 5 heterocycles. The normalized spacial score (nSPS) is 12.8. The summed E-state index contributed by atoms with van der Waals surface area (Å²) in [7, 11) is 0. The van der Waals surface area contributed by atoms with Gasteiger partial charge in [-0.25, -0.2) is 14.5 Å². The molecule has 1 N–H and O–H groups in total. The number of hydrogen-bond acceptors (Lipinski definition) is 6. The lowest BCUT2D eigenvalue weighted by Gasteiger charge is -2.18. The van der Waals surface area contributed by atoms with Crippen LogP contribution in [0.15, 0.2) is 97.9 Å². The van der Waals surface area contributed by atoms with Gasteiger partial charge in [0.05, 0.1) is 40.4 Å². The molecule has 0 fully saturated rings. The number of nitrogens with one attached hydrogen (secondary N) is 1. The molecule has 8 nitrogen and oxygen atoms in total. The van der Waals surface area contributed by atoms with Crippen LogP contribution in [0.3, 0.4) is 0 Å². The molecule has 182 valence electrons. The van der Waals surface area contributed by atoms with E-state index in [0.29, 0.717) is 17.1 Å².